The Morgan fingerprint density at radius 3 is 2.64 bits per heavy atom. The van der Waals surface area contributed by atoms with Crippen LogP contribution < -0.4 is 5.73 Å². The zero-order chi connectivity index (χ0) is 16.1. The minimum absolute atomic E-state index is 0.255. The van der Waals surface area contributed by atoms with E-state index in [2.05, 4.69) is 44.4 Å². The quantitative estimate of drug-likeness (QED) is 0.514. The first-order chi connectivity index (χ1) is 10.5. The highest BCUT2D eigenvalue weighted by Crippen LogP contribution is 2.21. The molecule has 0 atom stereocenters. The molecule has 0 aliphatic rings. The lowest BCUT2D eigenvalue weighted by atomic mass is 10.1. The highest BCUT2D eigenvalue weighted by atomic mass is 79.9. The van der Waals surface area contributed by atoms with Crippen molar-refractivity contribution in [3.05, 3.63) is 58.5 Å². The molecule has 114 valence electrons. The molecule has 2 aromatic rings. The molecule has 0 unspecified atom stereocenters. The molecule has 6 heteroatoms. The van der Waals surface area contributed by atoms with Crippen LogP contribution >= 0.6 is 15.9 Å². The minimum Gasteiger partial charge on any atom is -0.437 e. The van der Waals surface area contributed by atoms with Gasteiger partial charge in [0.25, 0.3) is 0 Å². The van der Waals surface area contributed by atoms with Gasteiger partial charge in [0.05, 0.1) is 6.20 Å². The Bertz CT molecular complexity index is 711. The second kappa shape index (κ2) is 7.17. The summed E-state index contributed by atoms with van der Waals surface area (Å²) in [6, 6.07) is 8.01. The number of anilines is 1. The molecule has 0 bridgehead atoms. The van der Waals surface area contributed by atoms with E-state index in [1.54, 1.807) is 7.05 Å². The van der Waals surface area contributed by atoms with Crippen molar-refractivity contribution < 1.29 is 4.74 Å². The Morgan fingerprint density at radius 1 is 1.36 bits per heavy atom. The molecule has 2 rings (SSSR count). The summed E-state index contributed by atoms with van der Waals surface area (Å²) < 4.78 is 6.29. The summed E-state index contributed by atoms with van der Waals surface area (Å²) in [4.78, 5) is 12.4. The van der Waals surface area contributed by atoms with E-state index in [9.17, 15) is 0 Å². The molecule has 0 aliphatic heterocycles. The number of hydrogen-bond donors (Lipinski definition) is 1. The third-order valence-corrected chi connectivity index (χ3v) is 3.45. The number of nitrogens with zero attached hydrogens (tertiary/aromatic N) is 3. The number of hydrogen-bond acceptors (Lipinski definition) is 5. The van der Waals surface area contributed by atoms with Gasteiger partial charge in [-0.2, -0.15) is 0 Å². The predicted molar refractivity (Wildman–Crippen MR) is 92.5 cm³/mol. The van der Waals surface area contributed by atoms with Gasteiger partial charge in [0.15, 0.2) is 11.6 Å². The van der Waals surface area contributed by atoms with Crippen LogP contribution in [0.15, 0.2) is 46.6 Å². The van der Waals surface area contributed by atoms with Crippen LogP contribution in [0.2, 0.25) is 0 Å². The number of ether oxygens (including phenoxy) is 1. The number of nitrogen functional groups attached to an aromatic ring is 1. The van der Waals surface area contributed by atoms with Crippen LogP contribution in [0.4, 0.5) is 5.82 Å². The monoisotopic (exact) mass is 360 g/mol. The maximum absolute atomic E-state index is 5.81. The lowest BCUT2D eigenvalue weighted by Crippen LogP contribution is -2.09. The number of halogens is 1. The topological polar surface area (TPSA) is 73.4 Å². The number of aromatic nitrogens is 2. The molecular weight excluding hydrogens is 344 g/mol. The van der Waals surface area contributed by atoms with Gasteiger partial charge in [-0.05, 0) is 40.0 Å². The van der Waals surface area contributed by atoms with E-state index in [4.69, 9.17) is 10.5 Å². The van der Waals surface area contributed by atoms with E-state index in [0.717, 1.165) is 12.0 Å². The number of aliphatic imine (C=N–C) groups is 1. The number of nitrogens with two attached hydrogens (primary N) is 1. The van der Waals surface area contributed by atoms with Gasteiger partial charge in [-0.25, -0.2) is 9.97 Å². The average molecular weight is 361 g/mol. The van der Waals surface area contributed by atoms with Gasteiger partial charge in [0, 0.05) is 12.6 Å². The van der Waals surface area contributed by atoms with E-state index >= 15 is 0 Å². The van der Waals surface area contributed by atoms with Crippen molar-refractivity contribution >= 4 is 33.4 Å². The number of rotatable bonds is 4. The first kappa shape index (κ1) is 16.2. The summed E-state index contributed by atoms with van der Waals surface area (Å²) in [5, 5.41) is 0. The largest absolute Gasteiger partial charge is 0.437 e. The van der Waals surface area contributed by atoms with E-state index in [-0.39, 0.29) is 5.82 Å². The van der Waals surface area contributed by atoms with Crippen molar-refractivity contribution in [3.8, 4) is 0 Å². The third kappa shape index (κ3) is 3.71. The second-order valence-corrected chi connectivity index (χ2v) is 5.34. The van der Waals surface area contributed by atoms with Gasteiger partial charge < -0.3 is 10.5 Å². The van der Waals surface area contributed by atoms with Gasteiger partial charge in [-0.1, -0.05) is 25.6 Å². The molecule has 0 radical (unpaired) electrons. The van der Waals surface area contributed by atoms with Crippen LogP contribution in [0.3, 0.4) is 0 Å². The smallest absolute Gasteiger partial charge is 0.221 e. The minimum atomic E-state index is 0.255. The maximum Gasteiger partial charge on any atom is 0.221 e. The van der Waals surface area contributed by atoms with Crippen molar-refractivity contribution in [2.45, 2.75) is 13.3 Å². The number of aryl methyl sites for hydroxylation is 1. The Labute approximate surface area is 138 Å². The van der Waals surface area contributed by atoms with Gasteiger partial charge in [-0.15, -0.1) is 0 Å². The van der Waals surface area contributed by atoms with Crippen LogP contribution in [0.1, 0.15) is 23.7 Å². The summed E-state index contributed by atoms with van der Waals surface area (Å²) >= 11 is 3.25. The summed E-state index contributed by atoms with van der Waals surface area (Å²) in [5.41, 5.74) is 8.31. The highest BCUT2D eigenvalue weighted by molar-refractivity contribution is 9.10. The standard InChI is InChI=1S/C16H17BrN4O/c1-4-11-5-7-12(8-6-11)16(19-3)22-10(2)14-15(18)20-9-13(17)21-14/h5-9H,2,4H2,1,3H3,(H2,18,20)/b19-16-. The summed E-state index contributed by atoms with van der Waals surface area (Å²) in [6.07, 6.45) is 2.50. The van der Waals surface area contributed by atoms with Crippen LogP contribution in [0.5, 0.6) is 0 Å². The van der Waals surface area contributed by atoms with Crippen LogP contribution in [0, 0.1) is 0 Å². The molecular formula is C16H17BrN4O. The van der Waals surface area contributed by atoms with Crippen LogP contribution in [-0.2, 0) is 11.2 Å². The lowest BCUT2D eigenvalue weighted by molar-refractivity contribution is 0.506. The molecule has 0 saturated heterocycles. The normalized spacial score (nSPS) is 11.3. The van der Waals surface area contributed by atoms with E-state index in [0.29, 0.717) is 22.0 Å². The molecule has 0 saturated carbocycles. The molecule has 1 aromatic carbocycles. The zero-order valence-electron chi connectivity index (χ0n) is 12.5. The van der Waals surface area contributed by atoms with E-state index in [1.807, 2.05) is 24.3 Å². The molecule has 2 N–H and O–H groups in total. The van der Waals surface area contributed by atoms with Gasteiger partial charge >= 0.3 is 0 Å². The van der Waals surface area contributed by atoms with Crippen molar-refractivity contribution in [2.75, 3.05) is 12.8 Å². The fraction of sp³-hybridized carbons (Fsp3) is 0.188. The fourth-order valence-electron chi connectivity index (χ4n) is 1.86. The second-order valence-electron chi connectivity index (χ2n) is 4.53. The zero-order valence-corrected chi connectivity index (χ0v) is 14.1. The molecule has 22 heavy (non-hydrogen) atoms. The number of benzene rings is 1. The molecule has 1 heterocycles. The van der Waals surface area contributed by atoms with Crippen molar-refractivity contribution in [2.24, 2.45) is 4.99 Å². The molecule has 0 amide bonds. The molecule has 0 fully saturated rings. The SMILES string of the molecule is C=C(O/C(=N\C)c1ccc(CC)cc1)c1nc(Br)cnc1N. The molecule has 0 spiro atoms. The first-order valence-corrected chi connectivity index (χ1v) is 7.55. The molecule has 5 nitrogen and oxygen atoms in total. The van der Waals surface area contributed by atoms with Crippen molar-refractivity contribution in [1.29, 1.82) is 0 Å². The summed E-state index contributed by atoms with van der Waals surface area (Å²) in [6.45, 7) is 5.98. The fourth-order valence-corrected chi connectivity index (χ4v) is 2.14. The Hall–Kier alpha value is -2.21. The highest BCUT2D eigenvalue weighted by Gasteiger charge is 2.13. The summed E-state index contributed by atoms with van der Waals surface area (Å²) in [5.74, 6) is 1.00. The molecule has 0 aliphatic carbocycles. The first-order valence-electron chi connectivity index (χ1n) is 6.76. The van der Waals surface area contributed by atoms with Gasteiger partial charge in [-0.3, -0.25) is 4.99 Å². The lowest BCUT2D eigenvalue weighted by Gasteiger charge is -2.12. The Morgan fingerprint density at radius 2 is 2.05 bits per heavy atom. The van der Waals surface area contributed by atoms with Crippen molar-refractivity contribution in [3.63, 3.8) is 0 Å². The van der Waals surface area contributed by atoms with Gasteiger partial charge in [0.1, 0.15) is 10.3 Å². The van der Waals surface area contributed by atoms with Crippen LogP contribution in [-0.4, -0.2) is 22.9 Å². The Balaban J connectivity index is 2.22. The van der Waals surface area contributed by atoms with Crippen molar-refractivity contribution in [1.82, 2.24) is 9.97 Å². The van der Waals surface area contributed by atoms with E-state index < -0.39 is 0 Å². The maximum atomic E-state index is 5.81. The summed E-state index contributed by atoms with van der Waals surface area (Å²) in [7, 11) is 1.66. The molecule has 1 aromatic heterocycles. The predicted octanol–water partition coefficient (Wildman–Crippen LogP) is 3.45. The van der Waals surface area contributed by atoms with Crippen LogP contribution in [0.25, 0.3) is 5.76 Å². The average Bonchev–Trinajstić information content (AvgIpc) is 2.54. The van der Waals surface area contributed by atoms with E-state index in [1.165, 1.54) is 11.8 Å². The Kier molecular flexibility index (Phi) is 5.27. The third-order valence-electron chi connectivity index (χ3n) is 3.07. The van der Waals surface area contributed by atoms with Gasteiger partial charge in [0.2, 0.25) is 5.90 Å².